The largest absolute Gasteiger partial charge is 0.490 e. The summed E-state index contributed by atoms with van der Waals surface area (Å²) in [5.41, 5.74) is 3.27. The molecule has 4 nitrogen and oxygen atoms in total. The molecule has 28 heavy (non-hydrogen) atoms. The Bertz CT molecular complexity index is 889. The molecule has 6 heteroatoms. The lowest BCUT2D eigenvalue weighted by Crippen LogP contribution is -2.80. The minimum absolute atomic E-state index is 0.257. The van der Waals surface area contributed by atoms with Gasteiger partial charge in [0.1, 0.15) is 25.5 Å². The molecule has 1 heterocycles. The molecule has 0 fully saturated rings. The molecule has 0 bridgehead atoms. The summed E-state index contributed by atoms with van der Waals surface area (Å²) in [5, 5.41) is 2.23. The second-order valence-electron chi connectivity index (χ2n) is 6.31. The van der Waals surface area contributed by atoms with Crippen molar-refractivity contribution in [2.24, 2.45) is 0 Å². The van der Waals surface area contributed by atoms with E-state index in [2.05, 4.69) is 26.2 Å². The average molecular weight is 446 g/mol. The van der Waals surface area contributed by atoms with E-state index in [4.69, 9.17) is 9.47 Å². The summed E-state index contributed by atoms with van der Waals surface area (Å²) in [7, 11) is 0. The van der Waals surface area contributed by atoms with E-state index in [0.29, 0.717) is 24.7 Å². The predicted molar refractivity (Wildman–Crippen MR) is 110 cm³/mol. The molecule has 3 aromatic rings. The van der Waals surface area contributed by atoms with Gasteiger partial charge in [-0.25, -0.2) is 4.39 Å². The highest BCUT2D eigenvalue weighted by molar-refractivity contribution is 9.10. The molecule has 3 rings (SSSR count). The van der Waals surface area contributed by atoms with Gasteiger partial charge < -0.3 is 14.8 Å². The van der Waals surface area contributed by atoms with Crippen LogP contribution in [0.3, 0.4) is 0 Å². The highest BCUT2D eigenvalue weighted by Gasteiger charge is 2.13. The van der Waals surface area contributed by atoms with Crippen LogP contribution in [0.2, 0.25) is 0 Å². The van der Waals surface area contributed by atoms with Crippen LogP contribution in [-0.4, -0.2) is 11.6 Å². The first-order chi connectivity index (χ1) is 13.7. The van der Waals surface area contributed by atoms with Gasteiger partial charge in [0, 0.05) is 23.5 Å². The number of benzene rings is 2. The number of ether oxygens (including phenoxy) is 2. The Labute approximate surface area is 172 Å². The smallest absolute Gasteiger partial charge is 0.175 e. The van der Waals surface area contributed by atoms with E-state index in [-0.39, 0.29) is 5.82 Å². The molecule has 0 unspecified atom stereocenters. The minimum Gasteiger partial charge on any atom is -0.490 e. The molecule has 0 saturated carbocycles. The molecular formula is C22H23BrFN2O2+. The zero-order valence-corrected chi connectivity index (χ0v) is 17.3. The molecule has 1 aromatic heterocycles. The lowest BCUT2D eigenvalue weighted by molar-refractivity contribution is -0.686. The standard InChI is InChI=1S/C22H22BrFN2O2/c1-2-27-21-12-18(14-26-13-16-7-9-25-10-8-16)11-20(23)22(21)28-15-17-3-5-19(24)6-4-17/h3-12,26H,2,13-15H2,1H3/p+1. The Balaban J connectivity index is 1.67. The van der Waals surface area contributed by atoms with Gasteiger partial charge in [0.25, 0.3) is 0 Å². The van der Waals surface area contributed by atoms with E-state index in [0.717, 1.165) is 28.7 Å². The van der Waals surface area contributed by atoms with Crippen LogP contribution in [0.5, 0.6) is 11.5 Å². The number of aromatic nitrogens is 1. The van der Waals surface area contributed by atoms with E-state index < -0.39 is 0 Å². The minimum atomic E-state index is -0.257. The molecule has 0 aliphatic heterocycles. The SMILES string of the molecule is CCOc1cc(C[NH2+]Cc2ccncc2)cc(Br)c1OCc1ccc(F)cc1. The predicted octanol–water partition coefficient (Wildman–Crippen LogP) is 4.22. The molecule has 0 radical (unpaired) electrons. The molecule has 0 aliphatic rings. The van der Waals surface area contributed by atoms with Gasteiger partial charge in [-0.3, -0.25) is 4.98 Å². The van der Waals surface area contributed by atoms with E-state index in [1.807, 2.05) is 31.2 Å². The molecule has 2 N–H and O–H groups in total. The van der Waals surface area contributed by atoms with Crippen LogP contribution >= 0.6 is 15.9 Å². The van der Waals surface area contributed by atoms with Crippen molar-refractivity contribution in [2.75, 3.05) is 6.61 Å². The number of hydrogen-bond acceptors (Lipinski definition) is 3. The van der Waals surface area contributed by atoms with Gasteiger partial charge in [-0.2, -0.15) is 0 Å². The molecule has 146 valence electrons. The Morgan fingerprint density at radius 3 is 2.36 bits per heavy atom. The second kappa shape index (κ2) is 10.2. The number of nitrogens with two attached hydrogens (primary N) is 1. The lowest BCUT2D eigenvalue weighted by Gasteiger charge is -2.15. The van der Waals surface area contributed by atoms with Crippen LogP contribution in [-0.2, 0) is 19.7 Å². The molecule has 0 amide bonds. The second-order valence-corrected chi connectivity index (χ2v) is 7.16. The molecule has 0 aliphatic carbocycles. The van der Waals surface area contributed by atoms with Gasteiger partial charge in [-0.1, -0.05) is 12.1 Å². The Kier molecular flexibility index (Phi) is 7.39. The number of halogens is 2. The van der Waals surface area contributed by atoms with E-state index >= 15 is 0 Å². The summed E-state index contributed by atoms with van der Waals surface area (Å²) in [6.45, 7) is 4.53. The fourth-order valence-electron chi connectivity index (χ4n) is 2.80. The van der Waals surface area contributed by atoms with Crippen molar-refractivity contribution >= 4 is 15.9 Å². The van der Waals surface area contributed by atoms with Crippen molar-refractivity contribution in [3.63, 3.8) is 0 Å². The third-order valence-corrected chi connectivity index (χ3v) is 4.76. The molecule has 0 atom stereocenters. The van der Waals surface area contributed by atoms with E-state index in [1.54, 1.807) is 24.5 Å². The van der Waals surface area contributed by atoms with Gasteiger partial charge in [0.05, 0.1) is 11.1 Å². The molecule has 0 spiro atoms. The van der Waals surface area contributed by atoms with Crippen LogP contribution < -0.4 is 14.8 Å². The number of quaternary nitrogens is 1. The van der Waals surface area contributed by atoms with E-state index in [1.165, 1.54) is 17.7 Å². The van der Waals surface area contributed by atoms with Crippen molar-refractivity contribution in [1.82, 2.24) is 4.98 Å². The Hall–Kier alpha value is -2.44. The average Bonchev–Trinajstić information content (AvgIpc) is 2.70. The van der Waals surface area contributed by atoms with Crippen molar-refractivity contribution < 1.29 is 19.2 Å². The molecular weight excluding hydrogens is 423 g/mol. The highest BCUT2D eigenvalue weighted by atomic mass is 79.9. The van der Waals surface area contributed by atoms with Crippen molar-refractivity contribution in [3.05, 3.63) is 87.9 Å². The van der Waals surface area contributed by atoms with Crippen LogP contribution in [0, 0.1) is 5.82 Å². The normalized spacial score (nSPS) is 10.7. The van der Waals surface area contributed by atoms with Gasteiger partial charge >= 0.3 is 0 Å². The monoisotopic (exact) mass is 445 g/mol. The fraction of sp³-hybridized carbons (Fsp3) is 0.227. The summed E-state index contributed by atoms with van der Waals surface area (Å²) in [6, 6.07) is 14.4. The Morgan fingerprint density at radius 1 is 0.929 bits per heavy atom. The summed E-state index contributed by atoms with van der Waals surface area (Å²) in [4.78, 5) is 4.04. The van der Waals surface area contributed by atoms with E-state index in [9.17, 15) is 4.39 Å². The summed E-state index contributed by atoms with van der Waals surface area (Å²) >= 11 is 3.60. The van der Waals surface area contributed by atoms with Crippen molar-refractivity contribution in [1.29, 1.82) is 0 Å². The van der Waals surface area contributed by atoms with Gasteiger partial charge in [-0.05, 0) is 64.8 Å². The number of nitrogens with zero attached hydrogens (tertiary/aromatic N) is 1. The highest BCUT2D eigenvalue weighted by Crippen LogP contribution is 2.37. The zero-order valence-electron chi connectivity index (χ0n) is 15.7. The maximum Gasteiger partial charge on any atom is 0.175 e. The third-order valence-electron chi connectivity index (χ3n) is 4.18. The third kappa shape index (κ3) is 5.78. The van der Waals surface area contributed by atoms with Gasteiger partial charge in [-0.15, -0.1) is 0 Å². The fourth-order valence-corrected chi connectivity index (χ4v) is 3.41. The van der Waals surface area contributed by atoms with Gasteiger partial charge in [0.15, 0.2) is 11.5 Å². The quantitative estimate of drug-likeness (QED) is 0.536. The lowest BCUT2D eigenvalue weighted by atomic mass is 10.2. The maximum atomic E-state index is 13.1. The first-order valence-corrected chi connectivity index (χ1v) is 9.98. The zero-order chi connectivity index (χ0) is 19.8. The molecule has 0 saturated heterocycles. The van der Waals surface area contributed by atoms with Crippen LogP contribution in [0.1, 0.15) is 23.6 Å². The summed E-state index contributed by atoms with van der Waals surface area (Å²) < 4.78 is 25.7. The number of rotatable bonds is 9. The van der Waals surface area contributed by atoms with Crippen molar-refractivity contribution in [3.8, 4) is 11.5 Å². The number of pyridine rings is 1. The Morgan fingerprint density at radius 2 is 1.64 bits per heavy atom. The van der Waals surface area contributed by atoms with Crippen LogP contribution in [0.4, 0.5) is 4.39 Å². The van der Waals surface area contributed by atoms with Crippen molar-refractivity contribution in [2.45, 2.75) is 26.6 Å². The number of hydrogen-bond donors (Lipinski definition) is 1. The summed E-state index contributed by atoms with van der Waals surface area (Å²) in [5.74, 6) is 1.10. The topological polar surface area (TPSA) is 48.0 Å². The van der Waals surface area contributed by atoms with Crippen LogP contribution in [0.25, 0.3) is 0 Å². The molecule has 2 aromatic carbocycles. The summed E-state index contributed by atoms with van der Waals surface area (Å²) in [6.07, 6.45) is 3.61. The van der Waals surface area contributed by atoms with Crippen LogP contribution in [0.15, 0.2) is 65.4 Å². The maximum absolute atomic E-state index is 13.1. The van der Waals surface area contributed by atoms with Gasteiger partial charge in [0.2, 0.25) is 0 Å². The first-order valence-electron chi connectivity index (χ1n) is 9.18. The first kappa shape index (κ1) is 20.3.